The Balaban J connectivity index is 2.86. The van der Waals surface area contributed by atoms with Gasteiger partial charge < -0.3 is 0 Å². The van der Waals surface area contributed by atoms with Crippen LogP contribution in [0.4, 0.5) is 0 Å². The Morgan fingerprint density at radius 1 is 1.38 bits per heavy atom. The van der Waals surface area contributed by atoms with Gasteiger partial charge in [-0.25, -0.2) is 0 Å². The third-order valence-corrected chi connectivity index (χ3v) is 3.53. The summed E-state index contributed by atoms with van der Waals surface area (Å²) >= 11 is 1.55. The van der Waals surface area contributed by atoms with Gasteiger partial charge in [0.05, 0.1) is 4.88 Å². The summed E-state index contributed by atoms with van der Waals surface area (Å²) in [6.45, 7) is 8.18. The lowest BCUT2D eigenvalue weighted by Gasteiger charge is -2.13. The summed E-state index contributed by atoms with van der Waals surface area (Å²) in [6, 6.07) is 2.00. The van der Waals surface area contributed by atoms with Gasteiger partial charge in [0.25, 0.3) is 0 Å². The van der Waals surface area contributed by atoms with E-state index in [2.05, 4.69) is 13.8 Å². The number of ketones is 1. The Morgan fingerprint density at radius 2 is 2.00 bits per heavy atom. The molecule has 1 nitrogen and oxygen atoms in total. The molecule has 0 bridgehead atoms. The van der Waals surface area contributed by atoms with Crippen LogP contribution in [0.1, 0.15) is 36.0 Å². The molecule has 0 saturated carbocycles. The zero-order valence-corrected chi connectivity index (χ0v) is 9.44. The van der Waals surface area contributed by atoms with Gasteiger partial charge in [0.15, 0.2) is 5.78 Å². The normalized spacial score (nSPS) is 13.3. The molecule has 0 aromatic carbocycles. The van der Waals surface area contributed by atoms with Gasteiger partial charge >= 0.3 is 0 Å². The number of hydrogen-bond donors (Lipinski definition) is 0. The highest BCUT2D eigenvalue weighted by Crippen LogP contribution is 2.23. The maximum atomic E-state index is 11.9. The average molecular weight is 196 g/mol. The molecule has 1 heterocycles. The molecule has 72 valence electrons. The number of thiophene rings is 1. The van der Waals surface area contributed by atoms with E-state index in [1.165, 1.54) is 0 Å². The molecule has 0 aliphatic carbocycles. The first-order chi connectivity index (χ1) is 6.04. The van der Waals surface area contributed by atoms with E-state index in [9.17, 15) is 4.79 Å². The topological polar surface area (TPSA) is 17.1 Å². The summed E-state index contributed by atoms with van der Waals surface area (Å²) in [5.41, 5.74) is 1.11. The van der Waals surface area contributed by atoms with Gasteiger partial charge in [-0.1, -0.05) is 20.8 Å². The summed E-state index contributed by atoms with van der Waals surface area (Å²) in [6.07, 6.45) is 0. The molecule has 0 aliphatic heterocycles. The molecule has 0 aliphatic rings. The molecule has 0 N–H and O–H groups in total. The zero-order valence-electron chi connectivity index (χ0n) is 8.63. The molecular formula is C11H16OS. The molecule has 0 amide bonds. The van der Waals surface area contributed by atoms with Crippen molar-refractivity contribution in [3.05, 3.63) is 21.9 Å². The third kappa shape index (κ3) is 2.19. The fraction of sp³-hybridized carbons (Fsp3) is 0.545. The minimum absolute atomic E-state index is 0.136. The van der Waals surface area contributed by atoms with E-state index in [0.717, 1.165) is 10.4 Å². The SMILES string of the molecule is Cc1ccsc1C(=O)C(C)C(C)C. The molecule has 1 rings (SSSR count). The second-order valence-corrected chi connectivity index (χ2v) is 4.75. The van der Waals surface area contributed by atoms with E-state index >= 15 is 0 Å². The second-order valence-electron chi connectivity index (χ2n) is 3.83. The van der Waals surface area contributed by atoms with Gasteiger partial charge in [-0.05, 0) is 29.9 Å². The molecular weight excluding hydrogens is 180 g/mol. The minimum Gasteiger partial charge on any atom is -0.293 e. The highest BCUT2D eigenvalue weighted by atomic mass is 32.1. The van der Waals surface area contributed by atoms with E-state index in [1.807, 2.05) is 25.3 Å². The number of carbonyl (C=O) groups is 1. The van der Waals surface area contributed by atoms with Crippen molar-refractivity contribution in [1.82, 2.24) is 0 Å². The summed E-state index contributed by atoms with van der Waals surface area (Å²) < 4.78 is 0. The van der Waals surface area contributed by atoms with Crippen LogP contribution >= 0.6 is 11.3 Å². The van der Waals surface area contributed by atoms with Crippen molar-refractivity contribution >= 4 is 17.1 Å². The van der Waals surface area contributed by atoms with Gasteiger partial charge in [0.2, 0.25) is 0 Å². The molecule has 2 heteroatoms. The summed E-state index contributed by atoms with van der Waals surface area (Å²) in [5, 5.41) is 1.98. The molecule has 0 spiro atoms. The number of Topliss-reactive ketones (excluding diaryl/α,β-unsaturated/α-hetero) is 1. The largest absolute Gasteiger partial charge is 0.293 e. The van der Waals surface area contributed by atoms with E-state index in [1.54, 1.807) is 11.3 Å². The maximum absolute atomic E-state index is 11.9. The summed E-state index contributed by atoms with van der Waals surface area (Å²) in [5.74, 6) is 0.855. The Morgan fingerprint density at radius 3 is 2.38 bits per heavy atom. The highest BCUT2D eigenvalue weighted by Gasteiger charge is 2.20. The van der Waals surface area contributed by atoms with Crippen molar-refractivity contribution in [3.8, 4) is 0 Å². The first-order valence-electron chi connectivity index (χ1n) is 4.62. The zero-order chi connectivity index (χ0) is 10.0. The molecule has 0 fully saturated rings. The monoisotopic (exact) mass is 196 g/mol. The van der Waals surface area contributed by atoms with E-state index in [0.29, 0.717) is 11.7 Å². The summed E-state index contributed by atoms with van der Waals surface area (Å²) in [7, 11) is 0. The Bertz CT molecular complexity index is 299. The quantitative estimate of drug-likeness (QED) is 0.676. The first-order valence-corrected chi connectivity index (χ1v) is 5.50. The van der Waals surface area contributed by atoms with Crippen molar-refractivity contribution in [2.24, 2.45) is 11.8 Å². The van der Waals surface area contributed by atoms with Crippen LogP contribution in [0.2, 0.25) is 0 Å². The van der Waals surface area contributed by atoms with Crippen molar-refractivity contribution in [1.29, 1.82) is 0 Å². The first kappa shape index (κ1) is 10.5. The fourth-order valence-electron chi connectivity index (χ4n) is 1.13. The lowest BCUT2D eigenvalue weighted by molar-refractivity contribution is 0.0903. The molecule has 0 saturated heterocycles. The van der Waals surface area contributed by atoms with Gasteiger partial charge in [-0.15, -0.1) is 11.3 Å². The fourth-order valence-corrected chi connectivity index (χ4v) is 2.10. The standard InChI is InChI=1S/C11H16OS/c1-7(2)9(4)10(12)11-8(3)5-6-13-11/h5-7,9H,1-4H3. The van der Waals surface area contributed by atoms with Gasteiger partial charge in [-0.2, -0.15) is 0 Å². The average Bonchev–Trinajstić information content (AvgIpc) is 2.48. The number of aryl methyl sites for hydroxylation is 1. The van der Waals surface area contributed by atoms with Crippen LogP contribution in [0.15, 0.2) is 11.4 Å². The number of carbonyl (C=O) groups excluding carboxylic acids is 1. The molecule has 1 aromatic heterocycles. The van der Waals surface area contributed by atoms with E-state index in [4.69, 9.17) is 0 Å². The lowest BCUT2D eigenvalue weighted by atomic mass is 9.92. The van der Waals surface area contributed by atoms with E-state index < -0.39 is 0 Å². The highest BCUT2D eigenvalue weighted by molar-refractivity contribution is 7.12. The van der Waals surface area contributed by atoms with Crippen LogP contribution < -0.4 is 0 Å². The van der Waals surface area contributed by atoms with Crippen LogP contribution in [0.3, 0.4) is 0 Å². The van der Waals surface area contributed by atoms with E-state index in [-0.39, 0.29) is 5.92 Å². The third-order valence-electron chi connectivity index (χ3n) is 2.50. The molecule has 1 aromatic rings. The summed E-state index contributed by atoms with van der Waals surface area (Å²) in [4.78, 5) is 12.8. The number of hydrogen-bond acceptors (Lipinski definition) is 2. The van der Waals surface area contributed by atoms with Crippen LogP contribution in [-0.4, -0.2) is 5.78 Å². The maximum Gasteiger partial charge on any atom is 0.176 e. The molecule has 1 unspecified atom stereocenters. The predicted octanol–water partition coefficient (Wildman–Crippen LogP) is 3.53. The number of rotatable bonds is 3. The predicted molar refractivity (Wildman–Crippen MR) is 57.4 cm³/mol. The van der Waals surface area contributed by atoms with Crippen molar-refractivity contribution in [2.45, 2.75) is 27.7 Å². The lowest BCUT2D eigenvalue weighted by Crippen LogP contribution is -2.16. The van der Waals surface area contributed by atoms with Crippen LogP contribution in [0, 0.1) is 18.8 Å². The van der Waals surface area contributed by atoms with Gasteiger partial charge in [-0.3, -0.25) is 4.79 Å². The van der Waals surface area contributed by atoms with Gasteiger partial charge in [0.1, 0.15) is 0 Å². The van der Waals surface area contributed by atoms with Crippen LogP contribution in [-0.2, 0) is 0 Å². The van der Waals surface area contributed by atoms with Crippen molar-refractivity contribution in [2.75, 3.05) is 0 Å². The minimum atomic E-state index is 0.136. The van der Waals surface area contributed by atoms with Gasteiger partial charge in [0, 0.05) is 5.92 Å². The molecule has 0 radical (unpaired) electrons. The Hall–Kier alpha value is -0.630. The smallest absolute Gasteiger partial charge is 0.176 e. The van der Waals surface area contributed by atoms with Crippen LogP contribution in [0.5, 0.6) is 0 Å². The Kier molecular flexibility index (Phi) is 3.26. The molecule has 1 atom stereocenters. The Labute approximate surface area is 83.8 Å². The molecule has 13 heavy (non-hydrogen) atoms. The second kappa shape index (κ2) is 4.05. The van der Waals surface area contributed by atoms with Crippen molar-refractivity contribution in [3.63, 3.8) is 0 Å². The van der Waals surface area contributed by atoms with Crippen molar-refractivity contribution < 1.29 is 4.79 Å². The van der Waals surface area contributed by atoms with Crippen LogP contribution in [0.25, 0.3) is 0 Å².